The van der Waals surface area contributed by atoms with E-state index in [0.29, 0.717) is 28.5 Å². The fourth-order valence-corrected chi connectivity index (χ4v) is 2.89. The maximum atomic E-state index is 12.2. The van der Waals surface area contributed by atoms with Gasteiger partial charge in [-0.25, -0.2) is 0 Å². The molecule has 2 unspecified atom stereocenters. The minimum Gasteiger partial charge on any atom is -0.378 e. The molecule has 0 amide bonds. The highest BCUT2D eigenvalue weighted by Crippen LogP contribution is 2.29. The second-order valence-electron chi connectivity index (χ2n) is 4.87. The van der Waals surface area contributed by atoms with Gasteiger partial charge in [0, 0.05) is 23.1 Å². The molecule has 0 bridgehead atoms. The topological polar surface area (TPSA) is 50.1 Å². The van der Waals surface area contributed by atoms with E-state index in [1.54, 1.807) is 18.2 Å². The Morgan fingerprint density at radius 1 is 1.50 bits per heavy atom. The highest BCUT2D eigenvalue weighted by Gasteiger charge is 2.24. The number of rotatable bonds is 5. The molecule has 1 fully saturated rings. The molecule has 0 aliphatic carbocycles. The number of benzene rings is 1. The number of ketones is 1. The van der Waals surface area contributed by atoms with Crippen LogP contribution in [0.15, 0.2) is 18.2 Å². The first kappa shape index (κ1) is 15.3. The summed E-state index contributed by atoms with van der Waals surface area (Å²) in [6.07, 6.45) is 3.19. The predicted molar refractivity (Wildman–Crippen MR) is 78.0 cm³/mol. The molecule has 1 aliphatic heterocycles. The summed E-state index contributed by atoms with van der Waals surface area (Å²) in [5.74, 6) is -0.951. The maximum Gasteiger partial charge on any atom is 0.154 e. The average Bonchev–Trinajstić information content (AvgIpc) is 2.93. The molecular formula is C15H15Cl2NO2. The van der Waals surface area contributed by atoms with Gasteiger partial charge in [-0.15, -0.1) is 0 Å². The lowest BCUT2D eigenvalue weighted by molar-refractivity contribution is -0.120. The quantitative estimate of drug-likeness (QED) is 0.821. The lowest BCUT2D eigenvalue weighted by Crippen LogP contribution is -2.15. The summed E-state index contributed by atoms with van der Waals surface area (Å²) in [4.78, 5) is 12.2. The number of nitrogens with zero attached hydrogens (tertiary/aromatic N) is 1. The Kier molecular flexibility index (Phi) is 5.42. The molecule has 1 aliphatic rings. The highest BCUT2D eigenvalue weighted by molar-refractivity contribution is 6.35. The van der Waals surface area contributed by atoms with Crippen molar-refractivity contribution in [3.8, 4) is 6.07 Å². The van der Waals surface area contributed by atoms with Crippen LogP contribution in [0.5, 0.6) is 0 Å². The molecule has 2 rings (SSSR count). The van der Waals surface area contributed by atoms with E-state index >= 15 is 0 Å². The Hall–Kier alpha value is -1.08. The van der Waals surface area contributed by atoms with Gasteiger partial charge in [0.25, 0.3) is 0 Å². The number of hydrogen-bond acceptors (Lipinski definition) is 3. The Labute approximate surface area is 128 Å². The third-order valence-electron chi connectivity index (χ3n) is 3.46. The largest absolute Gasteiger partial charge is 0.378 e. The highest BCUT2D eigenvalue weighted by atomic mass is 35.5. The molecule has 0 radical (unpaired) electrons. The zero-order valence-corrected chi connectivity index (χ0v) is 12.5. The molecular weight excluding hydrogens is 297 g/mol. The molecule has 2 atom stereocenters. The van der Waals surface area contributed by atoms with Gasteiger partial charge in [0.15, 0.2) is 5.78 Å². The lowest BCUT2D eigenvalue weighted by Gasteiger charge is -2.12. The van der Waals surface area contributed by atoms with Gasteiger partial charge in [0.2, 0.25) is 0 Å². The molecule has 106 valence electrons. The van der Waals surface area contributed by atoms with Crippen LogP contribution in [0.4, 0.5) is 0 Å². The molecule has 1 aromatic rings. The van der Waals surface area contributed by atoms with Crippen molar-refractivity contribution in [3.05, 3.63) is 33.8 Å². The van der Waals surface area contributed by atoms with Crippen molar-refractivity contribution in [1.29, 1.82) is 5.26 Å². The van der Waals surface area contributed by atoms with Crippen LogP contribution in [0, 0.1) is 11.3 Å². The summed E-state index contributed by atoms with van der Waals surface area (Å²) in [6, 6.07) is 6.87. The summed E-state index contributed by atoms with van der Waals surface area (Å²) in [6.45, 7) is 0.767. The molecule has 3 nitrogen and oxygen atoms in total. The number of halogens is 2. The third-order valence-corrected chi connectivity index (χ3v) is 4.02. The van der Waals surface area contributed by atoms with Crippen molar-refractivity contribution in [2.24, 2.45) is 0 Å². The minimum absolute atomic E-state index is 0.118. The summed E-state index contributed by atoms with van der Waals surface area (Å²) in [5, 5.41) is 10.1. The summed E-state index contributed by atoms with van der Waals surface area (Å²) >= 11 is 11.9. The Morgan fingerprint density at radius 2 is 2.30 bits per heavy atom. The number of carbonyl (C=O) groups excluding carboxylic acids is 1. The first-order chi connectivity index (χ1) is 9.61. The predicted octanol–water partition coefficient (Wildman–Crippen LogP) is 4.13. The second kappa shape index (κ2) is 7.08. The van der Waals surface area contributed by atoms with E-state index in [1.807, 2.05) is 6.07 Å². The van der Waals surface area contributed by atoms with E-state index in [0.717, 1.165) is 19.4 Å². The monoisotopic (exact) mass is 311 g/mol. The zero-order valence-electron chi connectivity index (χ0n) is 10.9. The van der Waals surface area contributed by atoms with Crippen molar-refractivity contribution < 1.29 is 9.53 Å². The fourth-order valence-electron chi connectivity index (χ4n) is 2.37. The minimum atomic E-state index is -0.832. The number of Topliss-reactive ketones (excluding diaryl/α,β-unsaturated/α-hetero) is 1. The lowest BCUT2D eigenvalue weighted by atomic mass is 9.92. The van der Waals surface area contributed by atoms with Gasteiger partial charge in [-0.2, -0.15) is 5.26 Å². The number of ether oxygens (including phenoxy) is 1. The van der Waals surface area contributed by atoms with Crippen LogP contribution in [-0.2, 0) is 9.53 Å². The summed E-state index contributed by atoms with van der Waals surface area (Å²) in [5.41, 5.74) is 0.524. The summed E-state index contributed by atoms with van der Waals surface area (Å²) < 4.78 is 5.48. The van der Waals surface area contributed by atoms with Gasteiger partial charge >= 0.3 is 0 Å². The molecule has 0 aromatic heterocycles. The third kappa shape index (κ3) is 3.73. The Balaban J connectivity index is 2.03. The van der Waals surface area contributed by atoms with Gasteiger partial charge in [-0.1, -0.05) is 29.3 Å². The van der Waals surface area contributed by atoms with Crippen molar-refractivity contribution in [3.63, 3.8) is 0 Å². The average molecular weight is 312 g/mol. The van der Waals surface area contributed by atoms with Crippen LogP contribution in [-0.4, -0.2) is 18.5 Å². The SMILES string of the molecule is N#CC(C(=O)CCC1CCCO1)c1ccc(Cl)cc1Cl. The van der Waals surface area contributed by atoms with E-state index in [9.17, 15) is 10.1 Å². The number of nitriles is 1. The maximum absolute atomic E-state index is 12.2. The van der Waals surface area contributed by atoms with E-state index in [4.69, 9.17) is 27.9 Å². The first-order valence-corrected chi connectivity index (χ1v) is 7.36. The molecule has 1 aromatic carbocycles. The molecule has 0 spiro atoms. The van der Waals surface area contributed by atoms with E-state index in [1.165, 1.54) is 0 Å². The standard InChI is InChI=1S/C15H15Cl2NO2/c16-10-3-5-12(14(17)8-10)13(9-18)15(19)6-4-11-2-1-7-20-11/h3,5,8,11,13H,1-2,4,6-7H2. The fraction of sp³-hybridized carbons (Fsp3) is 0.467. The van der Waals surface area contributed by atoms with Gasteiger partial charge in [-0.05, 0) is 37.0 Å². The second-order valence-corrected chi connectivity index (χ2v) is 5.71. The van der Waals surface area contributed by atoms with Crippen LogP contribution in [0.3, 0.4) is 0 Å². The van der Waals surface area contributed by atoms with Crippen molar-refractivity contribution in [1.82, 2.24) is 0 Å². The van der Waals surface area contributed by atoms with Gasteiger partial charge in [0.05, 0.1) is 12.2 Å². The van der Waals surface area contributed by atoms with Gasteiger partial charge in [0.1, 0.15) is 5.92 Å². The van der Waals surface area contributed by atoms with Crippen molar-refractivity contribution in [2.75, 3.05) is 6.61 Å². The van der Waals surface area contributed by atoms with E-state index in [2.05, 4.69) is 0 Å². The normalized spacial score (nSPS) is 19.6. The molecule has 1 heterocycles. The van der Waals surface area contributed by atoms with Gasteiger partial charge in [-0.3, -0.25) is 4.79 Å². The molecule has 1 saturated heterocycles. The van der Waals surface area contributed by atoms with Crippen molar-refractivity contribution >= 4 is 29.0 Å². The smallest absolute Gasteiger partial charge is 0.154 e. The van der Waals surface area contributed by atoms with Crippen LogP contribution in [0.2, 0.25) is 10.0 Å². The Morgan fingerprint density at radius 3 is 2.90 bits per heavy atom. The van der Waals surface area contributed by atoms with Gasteiger partial charge < -0.3 is 4.74 Å². The molecule has 20 heavy (non-hydrogen) atoms. The van der Waals surface area contributed by atoms with E-state index in [-0.39, 0.29) is 11.9 Å². The van der Waals surface area contributed by atoms with Crippen LogP contribution >= 0.6 is 23.2 Å². The Bertz CT molecular complexity index is 533. The number of carbonyl (C=O) groups is 1. The number of hydrogen-bond donors (Lipinski definition) is 0. The van der Waals surface area contributed by atoms with Crippen LogP contribution < -0.4 is 0 Å². The molecule has 0 saturated carbocycles. The summed E-state index contributed by atoms with van der Waals surface area (Å²) in [7, 11) is 0. The zero-order chi connectivity index (χ0) is 14.5. The molecule has 0 N–H and O–H groups in total. The van der Waals surface area contributed by atoms with E-state index < -0.39 is 5.92 Å². The first-order valence-electron chi connectivity index (χ1n) is 6.60. The molecule has 5 heteroatoms. The van der Waals surface area contributed by atoms with Crippen molar-refractivity contribution in [2.45, 2.75) is 37.7 Å². The van der Waals surface area contributed by atoms with Crippen LogP contribution in [0.1, 0.15) is 37.2 Å². The van der Waals surface area contributed by atoms with Crippen LogP contribution in [0.25, 0.3) is 0 Å².